The van der Waals surface area contributed by atoms with E-state index in [9.17, 15) is 4.79 Å². The zero-order valence-electron chi connectivity index (χ0n) is 13.2. The Morgan fingerprint density at radius 3 is 2.50 bits per heavy atom. The molecule has 0 bridgehead atoms. The summed E-state index contributed by atoms with van der Waals surface area (Å²) in [5.74, 6) is 0.622. The van der Waals surface area contributed by atoms with E-state index < -0.39 is 5.60 Å². The van der Waals surface area contributed by atoms with Gasteiger partial charge in [-0.15, -0.1) is 0 Å². The van der Waals surface area contributed by atoms with E-state index in [0.29, 0.717) is 6.54 Å². The average molecular weight is 299 g/mol. The van der Waals surface area contributed by atoms with Gasteiger partial charge in [0.05, 0.1) is 12.3 Å². The summed E-state index contributed by atoms with van der Waals surface area (Å²) in [7, 11) is 0. The summed E-state index contributed by atoms with van der Waals surface area (Å²) in [5.41, 5.74) is 0.691. The van der Waals surface area contributed by atoms with Gasteiger partial charge >= 0.3 is 5.97 Å². The quantitative estimate of drug-likeness (QED) is 0.639. The van der Waals surface area contributed by atoms with E-state index in [4.69, 9.17) is 9.15 Å². The third-order valence-corrected chi connectivity index (χ3v) is 3.61. The smallest absolute Gasteiger partial charge is 0.326 e. The highest BCUT2D eigenvalue weighted by molar-refractivity contribution is 5.81. The van der Waals surface area contributed by atoms with Crippen molar-refractivity contribution < 1.29 is 13.9 Å². The molecule has 1 saturated heterocycles. The van der Waals surface area contributed by atoms with Crippen LogP contribution >= 0.6 is 0 Å². The van der Waals surface area contributed by atoms with Crippen molar-refractivity contribution in [1.29, 1.82) is 0 Å². The van der Waals surface area contributed by atoms with Crippen molar-refractivity contribution >= 4 is 5.97 Å². The Bertz CT molecular complexity index is 628. The Hall–Kier alpha value is -2.07. The van der Waals surface area contributed by atoms with Crippen LogP contribution in [0.5, 0.6) is 0 Å². The molecular formula is C18H21NO3. The third-order valence-electron chi connectivity index (χ3n) is 3.61. The van der Waals surface area contributed by atoms with Crippen LogP contribution in [-0.4, -0.2) is 22.5 Å². The van der Waals surface area contributed by atoms with Gasteiger partial charge in [-0.25, -0.2) is 0 Å². The third kappa shape index (κ3) is 3.22. The molecule has 3 rings (SSSR count). The fourth-order valence-electron chi connectivity index (χ4n) is 2.67. The van der Waals surface area contributed by atoms with Crippen LogP contribution in [0.2, 0.25) is 0 Å². The average Bonchev–Trinajstić information content (AvgIpc) is 2.91. The molecule has 116 valence electrons. The van der Waals surface area contributed by atoms with E-state index in [-0.39, 0.29) is 18.1 Å². The first kappa shape index (κ1) is 14.9. The predicted octanol–water partition coefficient (Wildman–Crippen LogP) is 3.55. The van der Waals surface area contributed by atoms with Crippen LogP contribution in [-0.2, 0) is 16.1 Å². The molecular weight excluding hydrogens is 278 g/mol. The number of rotatable bonds is 4. The summed E-state index contributed by atoms with van der Waals surface area (Å²) >= 11 is 0. The minimum Gasteiger partial charge on any atom is -0.468 e. The molecule has 0 saturated carbocycles. The molecule has 4 nitrogen and oxygen atoms in total. The van der Waals surface area contributed by atoms with E-state index in [0.717, 1.165) is 5.76 Å². The minimum absolute atomic E-state index is 0.0370. The summed E-state index contributed by atoms with van der Waals surface area (Å²) < 4.78 is 11.0. The second-order valence-corrected chi connectivity index (χ2v) is 6.60. The Morgan fingerprint density at radius 2 is 1.91 bits per heavy atom. The van der Waals surface area contributed by atoms with Gasteiger partial charge in [0, 0.05) is 6.54 Å². The van der Waals surface area contributed by atoms with Gasteiger partial charge < -0.3 is 9.15 Å². The molecule has 1 fully saturated rings. The maximum absolute atomic E-state index is 12.4. The first-order valence-corrected chi connectivity index (χ1v) is 7.52. The largest absolute Gasteiger partial charge is 0.468 e. The normalized spacial score (nSPS) is 24.0. The van der Waals surface area contributed by atoms with E-state index in [1.807, 2.05) is 51.1 Å². The first-order chi connectivity index (χ1) is 10.5. The van der Waals surface area contributed by atoms with E-state index in [2.05, 4.69) is 17.0 Å². The van der Waals surface area contributed by atoms with Crippen molar-refractivity contribution in [2.45, 2.75) is 45.0 Å². The molecule has 0 radical (unpaired) electrons. The van der Waals surface area contributed by atoms with Crippen molar-refractivity contribution in [1.82, 2.24) is 4.90 Å². The van der Waals surface area contributed by atoms with Crippen molar-refractivity contribution in [3.8, 4) is 0 Å². The van der Waals surface area contributed by atoms with Gasteiger partial charge in [-0.1, -0.05) is 30.3 Å². The number of benzene rings is 1. The monoisotopic (exact) mass is 299 g/mol. The molecule has 0 aliphatic carbocycles. The van der Waals surface area contributed by atoms with Crippen LogP contribution in [0.3, 0.4) is 0 Å². The molecule has 1 aliphatic rings. The first-order valence-electron chi connectivity index (χ1n) is 7.52. The molecule has 3 atom stereocenters. The summed E-state index contributed by atoms with van der Waals surface area (Å²) in [6, 6.07) is 13.6. The molecule has 2 aromatic rings. The number of furan rings is 1. The lowest BCUT2D eigenvalue weighted by Gasteiger charge is -2.19. The zero-order valence-corrected chi connectivity index (χ0v) is 13.2. The highest BCUT2D eigenvalue weighted by Gasteiger charge is 2.56. The highest BCUT2D eigenvalue weighted by atomic mass is 16.6. The van der Waals surface area contributed by atoms with E-state index in [1.54, 1.807) is 6.26 Å². The fraction of sp³-hybridized carbons (Fsp3) is 0.389. The number of ether oxygens (including phenoxy) is 1. The van der Waals surface area contributed by atoms with Gasteiger partial charge in [-0.3, -0.25) is 9.69 Å². The Labute approximate surface area is 130 Å². The Kier molecular flexibility index (Phi) is 3.79. The standard InChI is InChI=1S/C18H21NO3/c1-18(2,3)22-17(20)16-15(14-10-7-11-21-14)19(16)12-13-8-5-4-6-9-13/h4-11,15-16H,12H2,1-3H3/t15?,16-,19?/m1/s1. The van der Waals surface area contributed by atoms with Gasteiger partial charge in [0.15, 0.2) is 0 Å². The topological polar surface area (TPSA) is 42.4 Å². The lowest BCUT2D eigenvalue weighted by molar-refractivity contribution is -0.155. The molecule has 0 N–H and O–H groups in total. The van der Waals surface area contributed by atoms with Gasteiger partial charge in [0.1, 0.15) is 17.4 Å². The number of nitrogens with zero attached hydrogens (tertiary/aromatic N) is 1. The number of hydrogen-bond donors (Lipinski definition) is 0. The summed E-state index contributed by atoms with van der Waals surface area (Å²) in [6.07, 6.45) is 1.64. The fourth-order valence-corrected chi connectivity index (χ4v) is 2.67. The van der Waals surface area contributed by atoms with Crippen molar-refractivity contribution in [3.63, 3.8) is 0 Å². The summed E-state index contributed by atoms with van der Waals surface area (Å²) in [5, 5.41) is 0. The van der Waals surface area contributed by atoms with Crippen LogP contribution in [0.1, 0.15) is 38.1 Å². The lowest BCUT2D eigenvalue weighted by Crippen LogP contribution is -2.28. The number of esters is 1. The van der Waals surface area contributed by atoms with Crippen LogP contribution in [0, 0.1) is 0 Å². The summed E-state index contributed by atoms with van der Waals surface area (Å²) in [4.78, 5) is 14.5. The summed E-state index contributed by atoms with van der Waals surface area (Å²) in [6.45, 7) is 6.36. The maximum atomic E-state index is 12.4. The predicted molar refractivity (Wildman–Crippen MR) is 83.1 cm³/mol. The molecule has 2 heterocycles. The second kappa shape index (κ2) is 5.61. The van der Waals surface area contributed by atoms with E-state index in [1.165, 1.54) is 5.56 Å². The number of carbonyl (C=O) groups is 1. The van der Waals surface area contributed by atoms with Gasteiger partial charge in [0.25, 0.3) is 0 Å². The molecule has 1 aliphatic heterocycles. The highest BCUT2D eigenvalue weighted by Crippen LogP contribution is 2.45. The maximum Gasteiger partial charge on any atom is 0.326 e. The van der Waals surface area contributed by atoms with Crippen LogP contribution in [0.25, 0.3) is 0 Å². The molecule has 4 heteroatoms. The molecule has 0 spiro atoms. The zero-order chi connectivity index (χ0) is 15.7. The number of hydrogen-bond acceptors (Lipinski definition) is 4. The van der Waals surface area contributed by atoms with E-state index >= 15 is 0 Å². The molecule has 1 aromatic heterocycles. The van der Waals surface area contributed by atoms with Crippen molar-refractivity contribution in [3.05, 3.63) is 60.1 Å². The van der Waals surface area contributed by atoms with Crippen molar-refractivity contribution in [2.24, 2.45) is 0 Å². The van der Waals surface area contributed by atoms with Crippen LogP contribution < -0.4 is 0 Å². The van der Waals surface area contributed by atoms with Gasteiger partial charge in [-0.2, -0.15) is 0 Å². The lowest BCUT2D eigenvalue weighted by atomic mass is 10.2. The molecule has 1 aromatic carbocycles. The van der Waals surface area contributed by atoms with Gasteiger partial charge in [-0.05, 0) is 38.5 Å². The van der Waals surface area contributed by atoms with Crippen LogP contribution in [0.4, 0.5) is 0 Å². The molecule has 2 unspecified atom stereocenters. The van der Waals surface area contributed by atoms with Gasteiger partial charge in [0.2, 0.25) is 0 Å². The Balaban J connectivity index is 1.76. The number of carbonyl (C=O) groups excluding carboxylic acids is 1. The molecule has 22 heavy (non-hydrogen) atoms. The molecule has 0 amide bonds. The second-order valence-electron chi connectivity index (χ2n) is 6.60. The SMILES string of the molecule is CC(C)(C)OC(=O)[C@H]1C(c2ccco2)N1Cc1ccccc1. The van der Waals surface area contributed by atoms with Crippen molar-refractivity contribution in [2.75, 3.05) is 0 Å². The Morgan fingerprint density at radius 1 is 1.18 bits per heavy atom. The van der Waals surface area contributed by atoms with Crippen LogP contribution in [0.15, 0.2) is 53.1 Å². The minimum atomic E-state index is -0.480.